The van der Waals surface area contributed by atoms with E-state index in [0.717, 1.165) is 13.0 Å². The standard InChI is InChI=1S/C12H18F3NOS/c13-12(14,15)4-1-7-17-8-6-16-5-2-11-3-9-18-10-11/h3,9-10,16H,1-2,4-8H2. The van der Waals surface area contributed by atoms with Gasteiger partial charge in [0.15, 0.2) is 0 Å². The van der Waals surface area contributed by atoms with Crippen LogP contribution in [0.4, 0.5) is 13.2 Å². The monoisotopic (exact) mass is 281 g/mol. The molecule has 1 aromatic heterocycles. The molecule has 18 heavy (non-hydrogen) atoms. The number of hydrogen-bond acceptors (Lipinski definition) is 3. The third kappa shape index (κ3) is 8.49. The summed E-state index contributed by atoms with van der Waals surface area (Å²) in [7, 11) is 0. The molecule has 1 N–H and O–H groups in total. The summed E-state index contributed by atoms with van der Waals surface area (Å²) in [6.45, 7) is 2.17. The molecule has 0 radical (unpaired) electrons. The number of nitrogens with one attached hydrogen (secondary N) is 1. The lowest BCUT2D eigenvalue weighted by Crippen LogP contribution is -2.22. The molecule has 0 aliphatic rings. The van der Waals surface area contributed by atoms with Gasteiger partial charge in [0.05, 0.1) is 6.61 Å². The SMILES string of the molecule is FC(F)(F)CCCOCCNCCc1ccsc1. The summed E-state index contributed by atoms with van der Waals surface area (Å²) in [5.41, 5.74) is 1.30. The number of thiophene rings is 1. The fraction of sp³-hybridized carbons (Fsp3) is 0.667. The highest BCUT2D eigenvalue weighted by Gasteiger charge is 2.25. The van der Waals surface area contributed by atoms with Crippen molar-refractivity contribution in [1.29, 1.82) is 0 Å². The van der Waals surface area contributed by atoms with Crippen molar-refractivity contribution < 1.29 is 17.9 Å². The van der Waals surface area contributed by atoms with Crippen LogP contribution in [0.5, 0.6) is 0 Å². The van der Waals surface area contributed by atoms with E-state index in [2.05, 4.69) is 16.8 Å². The van der Waals surface area contributed by atoms with Gasteiger partial charge >= 0.3 is 6.18 Å². The van der Waals surface area contributed by atoms with Crippen LogP contribution in [0, 0.1) is 0 Å². The van der Waals surface area contributed by atoms with E-state index in [1.165, 1.54) is 5.56 Å². The van der Waals surface area contributed by atoms with Crippen LogP contribution in [-0.4, -0.2) is 32.5 Å². The number of alkyl halides is 3. The minimum Gasteiger partial charge on any atom is -0.380 e. The molecule has 0 spiro atoms. The van der Waals surface area contributed by atoms with Crippen LogP contribution >= 0.6 is 11.3 Å². The van der Waals surface area contributed by atoms with Crippen molar-refractivity contribution in [3.8, 4) is 0 Å². The van der Waals surface area contributed by atoms with Gasteiger partial charge in [-0.2, -0.15) is 24.5 Å². The summed E-state index contributed by atoms with van der Waals surface area (Å²) >= 11 is 1.67. The van der Waals surface area contributed by atoms with Crippen molar-refractivity contribution in [1.82, 2.24) is 5.32 Å². The number of rotatable bonds is 9. The third-order valence-corrected chi connectivity index (χ3v) is 3.07. The predicted molar refractivity (Wildman–Crippen MR) is 67.0 cm³/mol. The zero-order valence-electron chi connectivity index (χ0n) is 10.1. The molecule has 0 aliphatic carbocycles. The molecule has 0 amide bonds. The van der Waals surface area contributed by atoms with Crippen molar-refractivity contribution in [3.05, 3.63) is 22.4 Å². The maximum absolute atomic E-state index is 11.8. The smallest absolute Gasteiger partial charge is 0.380 e. The Kier molecular flexibility index (Phi) is 7.31. The van der Waals surface area contributed by atoms with Crippen molar-refractivity contribution in [2.75, 3.05) is 26.3 Å². The second-order valence-corrected chi connectivity index (χ2v) is 4.74. The molecule has 0 atom stereocenters. The quantitative estimate of drug-likeness (QED) is 0.702. The van der Waals surface area contributed by atoms with Crippen molar-refractivity contribution in [2.45, 2.75) is 25.4 Å². The van der Waals surface area contributed by atoms with Crippen molar-refractivity contribution in [3.63, 3.8) is 0 Å². The number of ether oxygens (including phenoxy) is 1. The van der Waals surface area contributed by atoms with E-state index in [1.807, 2.05) is 5.38 Å². The van der Waals surface area contributed by atoms with Gasteiger partial charge in [0.2, 0.25) is 0 Å². The molecule has 1 heterocycles. The molecular weight excluding hydrogens is 263 g/mol. The Morgan fingerprint density at radius 2 is 2.06 bits per heavy atom. The lowest BCUT2D eigenvalue weighted by molar-refractivity contribution is -0.137. The van der Waals surface area contributed by atoms with Crippen LogP contribution in [0.1, 0.15) is 18.4 Å². The first-order chi connectivity index (χ1) is 8.58. The van der Waals surface area contributed by atoms with Gasteiger partial charge in [-0.05, 0) is 41.8 Å². The number of halogens is 3. The fourth-order valence-corrected chi connectivity index (χ4v) is 2.12. The minimum atomic E-state index is -4.07. The molecule has 0 fully saturated rings. The van der Waals surface area contributed by atoms with Gasteiger partial charge in [0.25, 0.3) is 0 Å². The molecule has 1 rings (SSSR count). The molecule has 6 heteroatoms. The van der Waals surface area contributed by atoms with Crippen molar-refractivity contribution in [2.24, 2.45) is 0 Å². The molecule has 0 saturated carbocycles. The first kappa shape index (κ1) is 15.5. The maximum Gasteiger partial charge on any atom is 0.389 e. The van der Waals surface area contributed by atoms with E-state index in [1.54, 1.807) is 11.3 Å². The Balaban J connectivity index is 1.82. The highest BCUT2D eigenvalue weighted by Crippen LogP contribution is 2.20. The fourth-order valence-electron chi connectivity index (χ4n) is 1.41. The predicted octanol–water partition coefficient (Wildman–Crippen LogP) is 3.24. The Morgan fingerprint density at radius 1 is 1.22 bits per heavy atom. The van der Waals surface area contributed by atoms with Crippen LogP contribution < -0.4 is 5.32 Å². The molecule has 1 aromatic rings. The molecular formula is C12H18F3NOS. The normalized spacial score (nSPS) is 11.9. The van der Waals surface area contributed by atoms with Gasteiger partial charge in [0.1, 0.15) is 0 Å². The summed E-state index contributed by atoms with van der Waals surface area (Å²) in [6, 6.07) is 2.08. The third-order valence-electron chi connectivity index (χ3n) is 2.34. The summed E-state index contributed by atoms with van der Waals surface area (Å²) in [4.78, 5) is 0. The lowest BCUT2D eigenvalue weighted by atomic mass is 10.2. The molecule has 0 aromatic carbocycles. The van der Waals surface area contributed by atoms with Crippen LogP contribution in [0.25, 0.3) is 0 Å². The van der Waals surface area contributed by atoms with Gasteiger partial charge in [-0.25, -0.2) is 0 Å². The molecule has 104 valence electrons. The lowest BCUT2D eigenvalue weighted by Gasteiger charge is -2.07. The second-order valence-electron chi connectivity index (χ2n) is 3.96. The second kappa shape index (κ2) is 8.50. The van der Waals surface area contributed by atoms with Gasteiger partial charge in [-0.15, -0.1) is 0 Å². The summed E-state index contributed by atoms with van der Waals surface area (Å²) in [6.07, 6.45) is -3.82. The maximum atomic E-state index is 11.8. The zero-order chi connectivity index (χ0) is 13.3. The average molecular weight is 281 g/mol. The first-order valence-electron chi connectivity index (χ1n) is 5.94. The van der Waals surface area contributed by atoms with E-state index in [4.69, 9.17) is 4.74 Å². The van der Waals surface area contributed by atoms with Gasteiger partial charge in [-0.3, -0.25) is 0 Å². The summed E-state index contributed by atoms with van der Waals surface area (Å²) in [5.74, 6) is 0. The Hall–Kier alpha value is -0.590. The largest absolute Gasteiger partial charge is 0.389 e. The van der Waals surface area contributed by atoms with Crippen LogP contribution in [0.15, 0.2) is 16.8 Å². The van der Waals surface area contributed by atoms with E-state index in [-0.39, 0.29) is 13.0 Å². The minimum absolute atomic E-state index is 0.0401. The zero-order valence-corrected chi connectivity index (χ0v) is 10.9. The molecule has 0 aliphatic heterocycles. The van der Waals surface area contributed by atoms with Gasteiger partial charge in [0, 0.05) is 19.6 Å². The number of hydrogen-bond donors (Lipinski definition) is 1. The molecule has 0 saturated heterocycles. The van der Waals surface area contributed by atoms with Crippen LogP contribution in [0.2, 0.25) is 0 Å². The van der Waals surface area contributed by atoms with Gasteiger partial charge < -0.3 is 10.1 Å². The van der Waals surface area contributed by atoms with E-state index in [9.17, 15) is 13.2 Å². The van der Waals surface area contributed by atoms with Crippen LogP contribution in [0.3, 0.4) is 0 Å². The highest BCUT2D eigenvalue weighted by atomic mass is 32.1. The van der Waals surface area contributed by atoms with Gasteiger partial charge in [-0.1, -0.05) is 0 Å². The van der Waals surface area contributed by atoms with E-state index < -0.39 is 12.6 Å². The van der Waals surface area contributed by atoms with E-state index >= 15 is 0 Å². The average Bonchev–Trinajstić information content (AvgIpc) is 2.78. The Morgan fingerprint density at radius 3 is 2.72 bits per heavy atom. The Bertz CT molecular complexity index is 301. The molecule has 0 unspecified atom stereocenters. The molecule has 2 nitrogen and oxygen atoms in total. The molecule has 0 bridgehead atoms. The highest BCUT2D eigenvalue weighted by molar-refractivity contribution is 7.07. The Labute approximate surface area is 109 Å². The summed E-state index contributed by atoms with van der Waals surface area (Å²) in [5, 5.41) is 7.34. The van der Waals surface area contributed by atoms with E-state index in [0.29, 0.717) is 13.2 Å². The first-order valence-corrected chi connectivity index (χ1v) is 6.88. The van der Waals surface area contributed by atoms with Crippen LogP contribution in [-0.2, 0) is 11.2 Å². The topological polar surface area (TPSA) is 21.3 Å². The van der Waals surface area contributed by atoms with Crippen molar-refractivity contribution >= 4 is 11.3 Å². The summed E-state index contributed by atoms with van der Waals surface area (Å²) < 4.78 is 40.5.